The van der Waals surface area contributed by atoms with Crippen molar-refractivity contribution in [1.82, 2.24) is 5.32 Å². The Balaban J connectivity index is 2.79. The van der Waals surface area contributed by atoms with E-state index < -0.39 is 5.41 Å². The fourth-order valence-corrected chi connectivity index (χ4v) is 1.01. The molecule has 1 aliphatic rings. The first-order chi connectivity index (χ1) is 5.08. The van der Waals surface area contributed by atoms with Crippen LogP contribution < -0.4 is 5.32 Å². The smallest absolute Gasteiger partial charge is 0.236 e. The van der Waals surface area contributed by atoms with Crippen LogP contribution in [0.2, 0.25) is 0 Å². The molecule has 3 heteroatoms. The summed E-state index contributed by atoms with van der Waals surface area (Å²) in [4.78, 5) is 21.9. The first-order valence-corrected chi connectivity index (χ1v) is 3.56. The lowest BCUT2D eigenvalue weighted by Gasteiger charge is -2.27. The predicted octanol–water partition coefficient (Wildman–Crippen LogP) is 0.615. The largest absolute Gasteiger partial charge is 0.296 e. The van der Waals surface area contributed by atoms with Gasteiger partial charge in [0.05, 0.1) is 5.41 Å². The van der Waals surface area contributed by atoms with Gasteiger partial charge >= 0.3 is 0 Å². The number of amides is 2. The monoisotopic (exact) mass is 153 g/mol. The summed E-state index contributed by atoms with van der Waals surface area (Å²) >= 11 is 0. The van der Waals surface area contributed by atoms with Crippen LogP contribution in [0.15, 0.2) is 12.7 Å². The Kier molecular flexibility index (Phi) is 1.81. The molecule has 60 valence electrons. The fraction of sp³-hybridized carbons (Fsp3) is 0.500. The molecule has 3 nitrogen and oxygen atoms in total. The Labute approximate surface area is 65.5 Å². The van der Waals surface area contributed by atoms with Gasteiger partial charge in [-0.2, -0.15) is 0 Å². The normalized spacial score (nSPS) is 31.4. The second-order valence-corrected chi connectivity index (χ2v) is 3.00. The van der Waals surface area contributed by atoms with E-state index in [1.54, 1.807) is 13.0 Å². The Bertz CT molecular complexity index is 222. The van der Waals surface area contributed by atoms with Crippen molar-refractivity contribution in [3.05, 3.63) is 12.7 Å². The van der Waals surface area contributed by atoms with E-state index in [-0.39, 0.29) is 11.8 Å². The van der Waals surface area contributed by atoms with Gasteiger partial charge in [-0.05, 0) is 13.3 Å². The molecule has 1 heterocycles. The molecule has 0 spiro atoms. The highest BCUT2D eigenvalue weighted by Crippen LogP contribution is 2.27. The van der Waals surface area contributed by atoms with Crippen LogP contribution in [0.25, 0.3) is 0 Å². The maximum atomic E-state index is 11.2. The number of rotatable bonds is 1. The minimum atomic E-state index is -0.548. The van der Waals surface area contributed by atoms with Gasteiger partial charge in [-0.1, -0.05) is 6.08 Å². The SMILES string of the molecule is C=CC1(C)CCC(=O)NC1=O. The number of carbonyl (C=O) groups excluding carboxylic acids is 2. The summed E-state index contributed by atoms with van der Waals surface area (Å²) in [6, 6.07) is 0. The highest BCUT2D eigenvalue weighted by atomic mass is 16.2. The Morgan fingerprint density at radius 3 is 2.73 bits per heavy atom. The lowest BCUT2D eigenvalue weighted by Crippen LogP contribution is -2.46. The van der Waals surface area contributed by atoms with Gasteiger partial charge in [0, 0.05) is 6.42 Å². The van der Waals surface area contributed by atoms with Gasteiger partial charge in [-0.25, -0.2) is 0 Å². The van der Waals surface area contributed by atoms with E-state index >= 15 is 0 Å². The number of nitrogens with one attached hydrogen (secondary N) is 1. The van der Waals surface area contributed by atoms with Gasteiger partial charge in [-0.3, -0.25) is 14.9 Å². The molecule has 1 saturated heterocycles. The number of hydrogen-bond acceptors (Lipinski definition) is 2. The van der Waals surface area contributed by atoms with E-state index in [9.17, 15) is 9.59 Å². The maximum Gasteiger partial charge on any atom is 0.236 e. The summed E-state index contributed by atoms with van der Waals surface area (Å²) in [6.45, 7) is 5.34. The molecule has 11 heavy (non-hydrogen) atoms. The highest BCUT2D eigenvalue weighted by molar-refractivity contribution is 6.01. The molecule has 1 aliphatic heterocycles. The summed E-state index contributed by atoms with van der Waals surface area (Å²) in [6.07, 6.45) is 2.57. The van der Waals surface area contributed by atoms with Crippen LogP contribution in [0.3, 0.4) is 0 Å². The van der Waals surface area contributed by atoms with Gasteiger partial charge in [0.2, 0.25) is 11.8 Å². The summed E-state index contributed by atoms with van der Waals surface area (Å²) in [5.74, 6) is -0.418. The van der Waals surface area contributed by atoms with E-state index in [0.29, 0.717) is 12.8 Å². The van der Waals surface area contributed by atoms with Crippen molar-refractivity contribution in [2.24, 2.45) is 5.41 Å². The van der Waals surface area contributed by atoms with Crippen molar-refractivity contribution < 1.29 is 9.59 Å². The third kappa shape index (κ3) is 1.31. The Morgan fingerprint density at radius 1 is 1.64 bits per heavy atom. The lowest BCUT2D eigenvalue weighted by atomic mass is 9.82. The zero-order chi connectivity index (χ0) is 8.48. The van der Waals surface area contributed by atoms with Crippen LogP contribution in [0.5, 0.6) is 0 Å². The van der Waals surface area contributed by atoms with Crippen molar-refractivity contribution in [3.63, 3.8) is 0 Å². The average molecular weight is 153 g/mol. The van der Waals surface area contributed by atoms with Crippen LogP contribution >= 0.6 is 0 Å². The number of piperidine rings is 1. The first kappa shape index (κ1) is 7.98. The standard InChI is InChI=1S/C8H11NO2/c1-3-8(2)5-4-6(10)9-7(8)11/h3H,1,4-5H2,2H3,(H,9,10,11). The molecule has 1 fully saturated rings. The quantitative estimate of drug-likeness (QED) is 0.443. The second-order valence-electron chi connectivity index (χ2n) is 3.00. The maximum absolute atomic E-state index is 11.2. The van der Waals surface area contributed by atoms with Crippen molar-refractivity contribution in [1.29, 1.82) is 0 Å². The minimum absolute atomic E-state index is 0.186. The topological polar surface area (TPSA) is 46.2 Å². The molecular formula is C8H11NO2. The highest BCUT2D eigenvalue weighted by Gasteiger charge is 2.35. The summed E-state index contributed by atoms with van der Waals surface area (Å²) in [7, 11) is 0. The van der Waals surface area contributed by atoms with Gasteiger partial charge in [0.15, 0.2) is 0 Å². The molecule has 0 radical (unpaired) electrons. The molecule has 0 saturated carbocycles. The van der Waals surface area contributed by atoms with E-state index in [0.717, 1.165) is 0 Å². The van der Waals surface area contributed by atoms with Crippen molar-refractivity contribution in [2.75, 3.05) is 0 Å². The Hall–Kier alpha value is -1.12. The second kappa shape index (κ2) is 2.49. The fourth-order valence-electron chi connectivity index (χ4n) is 1.01. The van der Waals surface area contributed by atoms with Crippen LogP contribution in [-0.2, 0) is 9.59 Å². The van der Waals surface area contributed by atoms with Crippen molar-refractivity contribution in [2.45, 2.75) is 19.8 Å². The number of hydrogen-bond donors (Lipinski definition) is 1. The van der Waals surface area contributed by atoms with E-state index in [1.165, 1.54) is 0 Å². The molecule has 0 aromatic carbocycles. The number of carbonyl (C=O) groups is 2. The van der Waals surface area contributed by atoms with E-state index in [4.69, 9.17) is 0 Å². The summed E-state index contributed by atoms with van der Waals surface area (Å²) in [5, 5.41) is 2.27. The third-order valence-corrected chi connectivity index (χ3v) is 2.09. The van der Waals surface area contributed by atoms with Crippen LogP contribution in [0.1, 0.15) is 19.8 Å². The first-order valence-electron chi connectivity index (χ1n) is 3.56. The molecule has 1 atom stereocenters. The minimum Gasteiger partial charge on any atom is -0.296 e. The molecule has 0 aliphatic carbocycles. The lowest BCUT2D eigenvalue weighted by molar-refractivity contribution is -0.138. The van der Waals surface area contributed by atoms with Crippen LogP contribution in [0, 0.1) is 5.41 Å². The Morgan fingerprint density at radius 2 is 2.27 bits per heavy atom. The zero-order valence-corrected chi connectivity index (χ0v) is 6.52. The predicted molar refractivity (Wildman–Crippen MR) is 40.7 cm³/mol. The molecule has 1 unspecified atom stereocenters. The van der Waals surface area contributed by atoms with Crippen molar-refractivity contribution >= 4 is 11.8 Å². The van der Waals surface area contributed by atoms with Gasteiger partial charge in [-0.15, -0.1) is 6.58 Å². The molecule has 0 aromatic rings. The van der Waals surface area contributed by atoms with Gasteiger partial charge < -0.3 is 0 Å². The molecule has 0 aromatic heterocycles. The van der Waals surface area contributed by atoms with Crippen molar-refractivity contribution in [3.8, 4) is 0 Å². The number of imide groups is 1. The summed E-state index contributed by atoms with van der Waals surface area (Å²) < 4.78 is 0. The van der Waals surface area contributed by atoms with Crippen LogP contribution in [0.4, 0.5) is 0 Å². The molecule has 1 rings (SSSR count). The van der Waals surface area contributed by atoms with Gasteiger partial charge in [0.1, 0.15) is 0 Å². The molecule has 0 bridgehead atoms. The van der Waals surface area contributed by atoms with Crippen LogP contribution in [-0.4, -0.2) is 11.8 Å². The molecule has 2 amide bonds. The van der Waals surface area contributed by atoms with Gasteiger partial charge in [0.25, 0.3) is 0 Å². The average Bonchev–Trinajstić information content (AvgIpc) is 1.98. The molecule has 1 N–H and O–H groups in total. The third-order valence-electron chi connectivity index (χ3n) is 2.09. The van der Waals surface area contributed by atoms with E-state index in [1.807, 2.05) is 0 Å². The van der Waals surface area contributed by atoms with E-state index in [2.05, 4.69) is 11.9 Å². The summed E-state index contributed by atoms with van der Waals surface area (Å²) in [5.41, 5.74) is -0.548. The molecular weight excluding hydrogens is 142 g/mol. The zero-order valence-electron chi connectivity index (χ0n) is 6.52.